The Balaban J connectivity index is 1.68. The Morgan fingerprint density at radius 1 is 1.36 bits per heavy atom. The van der Waals surface area contributed by atoms with E-state index in [-0.39, 0.29) is 17.9 Å². The lowest BCUT2D eigenvalue weighted by molar-refractivity contribution is -0.124. The minimum Gasteiger partial charge on any atom is -0.351 e. The third kappa shape index (κ3) is 3.19. The van der Waals surface area contributed by atoms with Gasteiger partial charge in [0, 0.05) is 31.4 Å². The summed E-state index contributed by atoms with van der Waals surface area (Å²) in [5, 5.41) is 7.74. The van der Waals surface area contributed by atoms with E-state index in [4.69, 9.17) is 5.73 Å². The van der Waals surface area contributed by atoms with E-state index in [1.54, 1.807) is 0 Å². The first kappa shape index (κ1) is 15.5. The number of amides is 1. The number of hydrogen-bond acceptors (Lipinski definition) is 3. The number of nitrogens with one attached hydrogen (secondary N) is 1. The normalized spacial score (nSPS) is 23.8. The molecule has 1 aromatic rings. The zero-order chi connectivity index (χ0) is 15.5. The minimum absolute atomic E-state index is 0.0462. The summed E-state index contributed by atoms with van der Waals surface area (Å²) in [5.41, 5.74) is 8.16. The molecular formula is C17H28N4O. The van der Waals surface area contributed by atoms with Crippen LogP contribution in [0.5, 0.6) is 0 Å². The molecule has 2 aliphatic rings. The van der Waals surface area contributed by atoms with Crippen molar-refractivity contribution in [2.24, 2.45) is 18.7 Å². The Bertz CT molecular complexity index is 519. The molecule has 0 saturated heterocycles. The lowest BCUT2D eigenvalue weighted by atomic mass is 9.82. The van der Waals surface area contributed by atoms with Crippen LogP contribution in [-0.2, 0) is 18.3 Å². The van der Waals surface area contributed by atoms with Crippen LogP contribution in [0.2, 0.25) is 0 Å². The van der Waals surface area contributed by atoms with Crippen LogP contribution in [0.4, 0.5) is 0 Å². The molecule has 0 radical (unpaired) electrons. The second-order valence-corrected chi connectivity index (χ2v) is 6.90. The minimum atomic E-state index is -0.0462. The van der Waals surface area contributed by atoms with Crippen molar-refractivity contribution in [2.75, 3.05) is 6.54 Å². The number of carbonyl (C=O) groups is 1. The molecule has 5 nitrogen and oxygen atoms in total. The molecule has 2 unspecified atom stereocenters. The summed E-state index contributed by atoms with van der Waals surface area (Å²) < 4.78 is 1.83. The summed E-state index contributed by atoms with van der Waals surface area (Å²) in [6.07, 6.45) is 11.2. The zero-order valence-electron chi connectivity index (χ0n) is 13.6. The van der Waals surface area contributed by atoms with Crippen molar-refractivity contribution in [2.45, 2.75) is 63.3 Å². The van der Waals surface area contributed by atoms with Crippen molar-refractivity contribution in [3.8, 4) is 0 Å². The predicted octanol–water partition coefficient (Wildman–Crippen LogP) is 1.86. The third-order valence-electron chi connectivity index (χ3n) is 5.34. The van der Waals surface area contributed by atoms with Crippen LogP contribution in [0.25, 0.3) is 0 Å². The van der Waals surface area contributed by atoms with Crippen LogP contribution in [0.3, 0.4) is 0 Å². The number of hydrogen-bond donors (Lipinski definition) is 2. The summed E-state index contributed by atoms with van der Waals surface area (Å²) in [4.78, 5) is 12.8. The van der Waals surface area contributed by atoms with E-state index in [2.05, 4.69) is 10.4 Å². The quantitative estimate of drug-likeness (QED) is 0.892. The van der Waals surface area contributed by atoms with Crippen molar-refractivity contribution in [1.82, 2.24) is 15.1 Å². The highest BCUT2D eigenvalue weighted by molar-refractivity contribution is 5.84. The molecule has 0 spiro atoms. The second-order valence-electron chi connectivity index (χ2n) is 6.90. The summed E-state index contributed by atoms with van der Waals surface area (Å²) in [5.74, 6) is 0.657. The highest BCUT2D eigenvalue weighted by Crippen LogP contribution is 2.32. The van der Waals surface area contributed by atoms with Crippen molar-refractivity contribution in [1.29, 1.82) is 0 Å². The van der Waals surface area contributed by atoms with Crippen molar-refractivity contribution in [3.63, 3.8) is 0 Å². The van der Waals surface area contributed by atoms with Gasteiger partial charge in [0.05, 0.1) is 11.6 Å². The first-order chi connectivity index (χ1) is 10.7. The number of fused-ring (bicyclic) bond motifs is 1. The zero-order valence-corrected chi connectivity index (χ0v) is 13.6. The van der Waals surface area contributed by atoms with Crippen LogP contribution in [-0.4, -0.2) is 28.3 Å². The molecule has 22 heavy (non-hydrogen) atoms. The summed E-state index contributed by atoms with van der Waals surface area (Å²) in [7, 11) is 1.93. The maximum absolute atomic E-state index is 12.8. The Morgan fingerprint density at radius 2 is 2.14 bits per heavy atom. The number of rotatable bonds is 4. The van der Waals surface area contributed by atoms with Gasteiger partial charge < -0.3 is 11.1 Å². The Labute approximate surface area is 132 Å². The van der Waals surface area contributed by atoms with Gasteiger partial charge in [-0.15, -0.1) is 0 Å². The SMILES string of the molecule is Cn1cc2c(n1)CCCC2C(=O)NC(CN)C1CCCCC1. The van der Waals surface area contributed by atoms with Crippen LogP contribution >= 0.6 is 0 Å². The van der Waals surface area contributed by atoms with Crippen LogP contribution < -0.4 is 11.1 Å². The van der Waals surface area contributed by atoms with Crippen molar-refractivity contribution in [3.05, 3.63) is 17.5 Å². The smallest absolute Gasteiger partial charge is 0.227 e. The van der Waals surface area contributed by atoms with E-state index < -0.39 is 0 Å². The van der Waals surface area contributed by atoms with Crippen molar-refractivity contribution >= 4 is 5.91 Å². The number of carbonyl (C=O) groups excluding carboxylic acids is 1. The summed E-state index contributed by atoms with van der Waals surface area (Å²) in [6, 6.07) is 0.134. The van der Waals surface area contributed by atoms with Gasteiger partial charge in [0.15, 0.2) is 0 Å². The predicted molar refractivity (Wildman–Crippen MR) is 86.4 cm³/mol. The Morgan fingerprint density at radius 3 is 2.86 bits per heavy atom. The van der Waals surface area contributed by atoms with Crippen LogP contribution in [0, 0.1) is 5.92 Å². The molecule has 3 N–H and O–H groups in total. The molecule has 1 heterocycles. The van der Waals surface area contributed by atoms with Crippen molar-refractivity contribution < 1.29 is 4.79 Å². The molecule has 122 valence electrons. The average molecular weight is 304 g/mol. The van der Waals surface area contributed by atoms with Crippen LogP contribution in [0.1, 0.15) is 62.1 Å². The fraction of sp³-hybridized carbons (Fsp3) is 0.765. The van der Waals surface area contributed by atoms with Gasteiger partial charge in [-0.3, -0.25) is 9.48 Å². The largest absolute Gasteiger partial charge is 0.351 e. The molecule has 1 saturated carbocycles. The van der Waals surface area contributed by atoms with Gasteiger partial charge in [-0.2, -0.15) is 5.10 Å². The topological polar surface area (TPSA) is 72.9 Å². The van der Waals surface area contributed by atoms with Gasteiger partial charge in [0.25, 0.3) is 0 Å². The molecule has 0 bridgehead atoms. The first-order valence-corrected chi connectivity index (χ1v) is 8.72. The van der Waals surface area contributed by atoms with E-state index in [0.29, 0.717) is 12.5 Å². The number of nitrogens with two attached hydrogens (primary N) is 1. The molecule has 3 rings (SSSR count). The van der Waals surface area contributed by atoms with Gasteiger partial charge in [0.2, 0.25) is 5.91 Å². The molecule has 0 aliphatic heterocycles. The third-order valence-corrected chi connectivity index (χ3v) is 5.34. The maximum atomic E-state index is 12.8. The summed E-state index contributed by atoms with van der Waals surface area (Å²) >= 11 is 0. The fourth-order valence-corrected chi connectivity index (χ4v) is 4.13. The van der Waals surface area contributed by atoms with E-state index in [1.807, 2.05) is 17.9 Å². The van der Waals surface area contributed by atoms with Crippen LogP contribution in [0.15, 0.2) is 6.20 Å². The number of aromatic nitrogens is 2. The van der Waals surface area contributed by atoms with E-state index in [9.17, 15) is 4.79 Å². The Kier molecular flexibility index (Phi) is 4.81. The average Bonchev–Trinajstić information content (AvgIpc) is 2.93. The molecule has 1 aromatic heterocycles. The molecule has 1 amide bonds. The molecule has 1 fully saturated rings. The molecule has 2 atom stereocenters. The lowest BCUT2D eigenvalue weighted by Gasteiger charge is -2.31. The Hall–Kier alpha value is -1.36. The van der Waals surface area contributed by atoms with Gasteiger partial charge in [-0.25, -0.2) is 0 Å². The molecular weight excluding hydrogens is 276 g/mol. The highest BCUT2D eigenvalue weighted by Gasteiger charge is 2.31. The monoisotopic (exact) mass is 304 g/mol. The second kappa shape index (κ2) is 6.82. The van der Waals surface area contributed by atoms with Gasteiger partial charge in [0.1, 0.15) is 0 Å². The van der Waals surface area contributed by atoms with Gasteiger partial charge in [-0.1, -0.05) is 19.3 Å². The standard InChI is InChI=1S/C17H28N4O/c1-21-11-14-13(8-5-9-15(14)20-21)17(22)19-16(10-18)12-6-3-2-4-7-12/h11-13,16H,2-10,18H2,1H3,(H,19,22). The molecule has 2 aliphatic carbocycles. The molecule has 5 heteroatoms. The van der Waals surface area contributed by atoms with E-state index >= 15 is 0 Å². The molecule has 0 aromatic carbocycles. The summed E-state index contributed by atoms with van der Waals surface area (Å²) in [6.45, 7) is 0.545. The number of nitrogens with zero attached hydrogens (tertiary/aromatic N) is 2. The fourth-order valence-electron chi connectivity index (χ4n) is 4.13. The first-order valence-electron chi connectivity index (χ1n) is 8.72. The van der Waals surface area contributed by atoms with E-state index in [1.165, 1.54) is 32.1 Å². The van der Waals surface area contributed by atoms with E-state index in [0.717, 1.165) is 30.5 Å². The van der Waals surface area contributed by atoms with Gasteiger partial charge in [-0.05, 0) is 38.0 Å². The number of aryl methyl sites for hydroxylation is 2. The lowest BCUT2D eigenvalue weighted by Crippen LogP contribution is -2.47. The highest BCUT2D eigenvalue weighted by atomic mass is 16.2. The maximum Gasteiger partial charge on any atom is 0.227 e. The van der Waals surface area contributed by atoms with Gasteiger partial charge >= 0.3 is 0 Å².